The van der Waals surface area contributed by atoms with Gasteiger partial charge in [0, 0.05) is 0 Å². The first-order chi connectivity index (χ1) is 11.7. The molecule has 7 heteroatoms. The van der Waals surface area contributed by atoms with E-state index in [0.29, 0.717) is 22.2 Å². The van der Waals surface area contributed by atoms with Gasteiger partial charge in [-0.1, -0.05) is 11.8 Å². The Morgan fingerprint density at radius 2 is 1.92 bits per heavy atom. The van der Waals surface area contributed by atoms with Gasteiger partial charge in [-0.3, -0.25) is 4.79 Å². The van der Waals surface area contributed by atoms with E-state index < -0.39 is 0 Å². The van der Waals surface area contributed by atoms with Crippen LogP contribution in [0, 0.1) is 0 Å². The van der Waals surface area contributed by atoms with Gasteiger partial charge in [-0.25, -0.2) is 4.98 Å². The third kappa shape index (κ3) is 3.67. The number of nitrogens with zero attached hydrogens (tertiary/aromatic N) is 3. The summed E-state index contributed by atoms with van der Waals surface area (Å²) in [6.07, 6.45) is 4.16. The molecule has 24 heavy (non-hydrogen) atoms. The first-order valence-electron chi connectivity index (χ1n) is 7.81. The van der Waals surface area contributed by atoms with Crippen molar-refractivity contribution in [2.24, 2.45) is 0 Å². The van der Waals surface area contributed by atoms with Gasteiger partial charge in [-0.15, -0.1) is 5.10 Å². The van der Waals surface area contributed by atoms with Gasteiger partial charge in [-0.2, -0.15) is 5.10 Å². The molecule has 0 radical (unpaired) electrons. The van der Waals surface area contributed by atoms with Crippen LogP contribution in [0.4, 0.5) is 0 Å². The van der Waals surface area contributed by atoms with Crippen molar-refractivity contribution in [3.05, 3.63) is 35.2 Å². The van der Waals surface area contributed by atoms with Gasteiger partial charge in [0.05, 0.1) is 36.9 Å². The first kappa shape index (κ1) is 16.7. The first-order valence-corrected chi connectivity index (χ1v) is 8.80. The van der Waals surface area contributed by atoms with Crippen molar-refractivity contribution in [3.8, 4) is 11.5 Å². The highest BCUT2D eigenvalue weighted by Crippen LogP contribution is 2.26. The lowest BCUT2D eigenvalue weighted by atomic mass is 10.0. The molecule has 0 saturated carbocycles. The lowest BCUT2D eigenvalue weighted by molar-refractivity contribution is 0.101. The zero-order chi connectivity index (χ0) is 16.9. The smallest absolute Gasteiger partial charge is 0.209 e. The number of Topliss-reactive ketones (excluding diaryl/α,β-unsaturated/α-hetero) is 1. The second-order valence-corrected chi connectivity index (χ2v) is 6.42. The minimum Gasteiger partial charge on any atom is -0.497 e. The Hall–Kier alpha value is -2.15. The van der Waals surface area contributed by atoms with E-state index >= 15 is 0 Å². The Morgan fingerprint density at radius 3 is 2.67 bits per heavy atom. The number of aromatic nitrogens is 3. The highest BCUT2D eigenvalue weighted by atomic mass is 32.2. The summed E-state index contributed by atoms with van der Waals surface area (Å²) in [7, 11) is 3.11. The van der Waals surface area contributed by atoms with Crippen molar-refractivity contribution in [1.29, 1.82) is 0 Å². The summed E-state index contributed by atoms with van der Waals surface area (Å²) in [6, 6.07) is 5.18. The van der Waals surface area contributed by atoms with Crippen LogP contribution in [0.5, 0.6) is 11.5 Å². The maximum atomic E-state index is 12.5. The van der Waals surface area contributed by atoms with Gasteiger partial charge in [0.1, 0.15) is 11.5 Å². The SMILES string of the molecule is COc1ccc(OC)c(C(=O)CSc2nnc3c(n2)CCCC3)c1. The molecule has 1 aromatic carbocycles. The van der Waals surface area contributed by atoms with Crippen LogP contribution in [0.3, 0.4) is 0 Å². The molecule has 3 rings (SSSR count). The van der Waals surface area contributed by atoms with Crippen LogP contribution in [-0.4, -0.2) is 40.9 Å². The number of carbonyl (C=O) groups excluding carboxylic acids is 1. The number of rotatable bonds is 6. The minimum atomic E-state index is -0.0583. The van der Waals surface area contributed by atoms with E-state index in [0.717, 1.165) is 37.1 Å². The Labute approximate surface area is 145 Å². The maximum absolute atomic E-state index is 12.5. The molecule has 0 atom stereocenters. The molecule has 0 unspecified atom stereocenters. The number of aryl methyl sites for hydroxylation is 2. The lowest BCUT2D eigenvalue weighted by Crippen LogP contribution is -2.11. The second-order valence-electron chi connectivity index (χ2n) is 5.47. The van der Waals surface area contributed by atoms with Crippen molar-refractivity contribution in [2.75, 3.05) is 20.0 Å². The fourth-order valence-corrected chi connectivity index (χ4v) is 3.33. The number of fused-ring (bicyclic) bond motifs is 1. The van der Waals surface area contributed by atoms with Crippen molar-refractivity contribution in [3.63, 3.8) is 0 Å². The zero-order valence-electron chi connectivity index (χ0n) is 13.7. The summed E-state index contributed by atoms with van der Waals surface area (Å²) >= 11 is 1.30. The van der Waals surface area contributed by atoms with E-state index in [1.165, 1.54) is 11.8 Å². The quantitative estimate of drug-likeness (QED) is 0.588. The molecule has 1 aliphatic carbocycles. The van der Waals surface area contributed by atoms with Crippen LogP contribution in [0.1, 0.15) is 34.6 Å². The molecule has 1 aromatic heterocycles. The Balaban J connectivity index is 1.71. The number of carbonyl (C=O) groups is 1. The lowest BCUT2D eigenvalue weighted by Gasteiger charge is -2.13. The van der Waals surface area contributed by atoms with Gasteiger partial charge in [-0.05, 0) is 43.9 Å². The van der Waals surface area contributed by atoms with Gasteiger partial charge in [0.2, 0.25) is 5.16 Å². The van der Waals surface area contributed by atoms with E-state index in [1.54, 1.807) is 32.4 Å². The number of benzene rings is 1. The summed E-state index contributed by atoms with van der Waals surface area (Å²) in [5.41, 5.74) is 2.51. The molecule has 1 heterocycles. The van der Waals surface area contributed by atoms with E-state index in [9.17, 15) is 4.79 Å². The van der Waals surface area contributed by atoms with E-state index in [4.69, 9.17) is 9.47 Å². The van der Waals surface area contributed by atoms with Crippen LogP contribution < -0.4 is 9.47 Å². The van der Waals surface area contributed by atoms with Gasteiger partial charge >= 0.3 is 0 Å². The van der Waals surface area contributed by atoms with Gasteiger partial charge in [0.15, 0.2) is 5.78 Å². The molecule has 0 fully saturated rings. The summed E-state index contributed by atoms with van der Waals surface area (Å²) in [4.78, 5) is 17.1. The van der Waals surface area contributed by atoms with Crippen LogP contribution >= 0.6 is 11.8 Å². The standard InChI is InChI=1S/C17H19N3O3S/c1-22-11-7-8-16(23-2)12(9-11)15(21)10-24-17-18-13-5-3-4-6-14(13)19-20-17/h7-9H,3-6,10H2,1-2H3. The molecule has 6 nitrogen and oxygen atoms in total. The Bertz CT molecular complexity index is 752. The van der Waals surface area contributed by atoms with Crippen molar-refractivity contribution >= 4 is 17.5 Å². The Kier molecular flexibility index (Phi) is 5.30. The fraction of sp³-hybridized carbons (Fsp3) is 0.412. The number of hydrogen-bond donors (Lipinski definition) is 0. The number of hydrogen-bond acceptors (Lipinski definition) is 7. The molecule has 0 saturated heterocycles. The predicted octanol–water partition coefficient (Wildman–Crippen LogP) is 2.74. The third-order valence-corrected chi connectivity index (χ3v) is 4.77. The number of ketones is 1. The van der Waals surface area contributed by atoms with E-state index in [1.807, 2.05) is 0 Å². The zero-order valence-corrected chi connectivity index (χ0v) is 14.6. The summed E-state index contributed by atoms with van der Waals surface area (Å²) in [5, 5.41) is 8.92. The molecule has 0 bridgehead atoms. The molecular weight excluding hydrogens is 326 g/mol. The van der Waals surface area contributed by atoms with Gasteiger partial charge < -0.3 is 9.47 Å². The van der Waals surface area contributed by atoms with Crippen molar-refractivity contribution in [1.82, 2.24) is 15.2 Å². The maximum Gasteiger partial charge on any atom is 0.209 e. The minimum absolute atomic E-state index is 0.0583. The molecule has 1 aliphatic rings. The molecule has 126 valence electrons. The number of thioether (sulfide) groups is 1. The largest absolute Gasteiger partial charge is 0.497 e. The monoisotopic (exact) mass is 345 g/mol. The summed E-state index contributed by atoms with van der Waals surface area (Å²) in [5.74, 6) is 1.32. The van der Waals surface area contributed by atoms with Crippen LogP contribution in [0.25, 0.3) is 0 Å². The molecule has 2 aromatic rings. The molecule has 0 spiro atoms. The van der Waals surface area contributed by atoms with Crippen LogP contribution in [0.15, 0.2) is 23.4 Å². The molecule has 0 amide bonds. The van der Waals surface area contributed by atoms with Crippen molar-refractivity contribution < 1.29 is 14.3 Å². The predicted molar refractivity (Wildman–Crippen MR) is 91.1 cm³/mol. The Morgan fingerprint density at radius 1 is 1.12 bits per heavy atom. The van der Waals surface area contributed by atoms with Crippen LogP contribution in [-0.2, 0) is 12.8 Å². The summed E-state index contributed by atoms with van der Waals surface area (Å²) < 4.78 is 10.4. The summed E-state index contributed by atoms with van der Waals surface area (Å²) in [6.45, 7) is 0. The van der Waals surface area contributed by atoms with Gasteiger partial charge in [0.25, 0.3) is 0 Å². The third-order valence-electron chi connectivity index (χ3n) is 3.94. The second kappa shape index (κ2) is 7.61. The normalized spacial score (nSPS) is 13.2. The average Bonchev–Trinajstić information content (AvgIpc) is 2.65. The highest BCUT2D eigenvalue weighted by molar-refractivity contribution is 7.99. The molecule has 0 N–H and O–H groups in total. The number of methoxy groups -OCH3 is 2. The van der Waals surface area contributed by atoms with E-state index in [2.05, 4.69) is 15.2 Å². The van der Waals surface area contributed by atoms with E-state index in [-0.39, 0.29) is 11.5 Å². The molecular formula is C17H19N3O3S. The topological polar surface area (TPSA) is 74.2 Å². The highest BCUT2D eigenvalue weighted by Gasteiger charge is 2.17. The average molecular weight is 345 g/mol. The number of ether oxygens (including phenoxy) is 2. The van der Waals surface area contributed by atoms with Crippen molar-refractivity contribution in [2.45, 2.75) is 30.8 Å². The van der Waals surface area contributed by atoms with Crippen LogP contribution in [0.2, 0.25) is 0 Å². The fourth-order valence-electron chi connectivity index (χ4n) is 2.64. The molecule has 0 aliphatic heterocycles.